The summed E-state index contributed by atoms with van der Waals surface area (Å²) in [6.07, 6.45) is 1.77. The Morgan fingerprint density at radius 2 is 1.91 bits per heavy atom. The summed E-state index contributed by atoms with van der Waals surface area (Å²) in [6.45, 7) is 5.75. The van der Waals surface area contributed by atoms with Gasteiger partial charge in [0.05, 0.1) is 18.9 Å². The topological polar surface area (TPSA) is 75.7 Å². The van der Waals surface area contributed by atoms with Gasteiger partial charge in [0, 0.05) is 31.4 Å². The first kappa shape index (κ1) is 21.6. The molecule has 32 heavy (non-hydrogen) atoms. The molecule has 2 amide bonds. The first-order valence-electron chi connectivity index (χ1n) is 10.8. The van der Waals surface area contributed by atoms with E-state index < -0.39 is 0 Å². The lowest BCUT2D eigenvalue weighted by Crippen LogP contribution is -2.38. The lowest BCUT2D eigenvalue weighted by molar-refractivity contribution is 0.122. The molecule has 1 aliphatic heterocycles. The van der Waals surface area contributed by atoms with Gasteiger partial charge in [-0.2, -0.15) is 0 Å². The van der Waals surface area contributed by atoms with Crippen molar-refractivity contribution in [2.75, 3.05) is 36.5 Å². The number of carbonyl (C=O) groups excluding carboxylic acids is 1. The van der Waals surface area contributed by atoms with Crippen LogP contribution in [0.1, 0.15) is 16.7 Å². The normalized spacial score (nSPS) is 13.5. The molecule has 7 nitrogen and oxygen atoms in total. The van der Waals surface area contributed by atoms with E-state index in [1.54, 1.807) is 6.20 Å². The highest BCUT2D eigenvalue weighted by Gasteiger charge is 2.16. The Morgan fingerprint density at radius 1 is 1.09 bits per heavy atom. The van der Waals surface area contributed by atoms with E-state index >= 15 is 0 Å². The SMILES string of the molecule is Cc1ccc(NC(=O)NCc2cccnc2N2CCOCC2)c(OCc2ccccc2)c1. The molecule has 166 valence electrons. The number of amides is 2. The Bertz CT molecular complexity index is 1040. The van der Waals surface area contributed by atoms with Gasteiger partial charge in [-0.3, -0.25) is 0 Å². The van der Waals surface area contributed by atoms with Crippen LogP contribution >= 0.6 is 0 Å². The van der Waals surface area contributed by atoms with Crippen LogP contribution < -0.4 is 20.3 Å². The maximum atomic E-state index is 12.7. The van der Waals surface area contributed by atoms with Gasteiger partial charge in [0.25, 0.3) is 0 Å². The second-order valence-electron chi connectivity index (χ2n) is 7.67. The van der Waals surface area contributed by atoms with E-state index in [1.165, 1.54) is 0 Å². The fraction of sp³-hybridized carbons (Fsp3) is 0.280. The van der Waals surface area contributed by atoms with Crippen molar-refractivity contribution >= 4 is 17.5 Å². The number of pyridine rings is 1. The molecule has 0 bridgehead atoms. The lowest BCUT2D eigenvalue weighted by Gasteiger charge is -2.29. The van der Waals surface area contributed by atoms with Crippen molar-refractivity contribution in [1.29, 1.82) is 0 Å². The van der Waals surface area contributed by atoms with E-state index in [0.29, 0.717) is 37.8 Å². The minimum Gasteiger partial charge on any atom is -0.487 e. The zero-order chi connectivity index (χ0) is 22.2. The smallest absolute Gasteiger partial charge is 0.319 e. The first-order valence-corrected chi connectivity index (χ1v) is 10.8. The van der Waals surface area contributed by atoms with Crippen LogP contribution in [0.3, 0.4) is 0 Å². The minimum absolute atomic E-state index is 0.296. The zero-order valence-electron chi connectivity index (χ0n) is 18.2. The van der Waals surface area contributed by atoms with Crippen molar-refractivity contribution in [3.8, 4) is 5.75 Å². The summed E-state index contributed by atoms with van der Waals surface area (Å²) in [6, 6.07) is 19.3. The molecule has 0 aliphatic carbocycles. The molecule has 0 radical (unpaired) electrons. The van der Waals surface area contributed by atoms with Crippen molar-refractivity contribution in [2.24, 2.45) is 0 Å². The minimum atomic E-state index is -0.296. The van der Waals surface area contributed by atoms with Crippen LogP contribution in [0.5, 0.6) is 5.75 Å². The highest BCUT2D eigenvalue weighted by molar-refractivity contribution is 5.91. The molecule has 0 saturated carbocycles. The van der Waals surface area contributed by atoms with Crippen LogP contribution in [0.15, 0.2) is 66.9 Å². The molecule has 0 unspecified atom stereocenters. The highest BCUT2D eigenvalue weighted by Crippen LogP contribution is 2.27. The molecular formula is C25H28N4O3. The molecule has 3 aromatic rings. The van der Waals surface area contributed by atoms with Crippen LogP contribution in [-0.2, 0) is 17.9 Å². The Kier molecular flexibility index (Phi) is 7.19. The third kappa shape index (κ3) is 5.76. The summed E-state index contributed by atoms with van der Waals surface area (Å²) in [5.41, 5.74) is 3.72. The number of hydrogen-bond donors (Lipinski definition) is 2. The summed E-state index contributed by atoms with van der Waals surface area (Å²) < 4.78 is 11.4. The Labute approximate surface area is 188 Å². The fourth-order valence-corrected chi connectivity index (χ4v) is 3.56. The number of hydrogen-bond acceptors (Lipinski definition) is 5. The maximum Gasteiger partial charge on any atom is 0.319 e. The van der Waals surface area contributed by atoms with Gasteiger partial charge < -0.3 is 25.0 Å². The van der Waals surface area contributed by atoms with Crippen LogP contribution in [0.25, 0.3) is 0 Å². The van der Waals surface area contributed by atoms with Gasteiger partial charge in [0.1, 0.15) is 18.2 Å². The van der Waals surface area contributed by atoms with E-state index in [4.69, 9.17) is 9.47 Å². The molecule has 2 aromatic carbocycles. The quantitative estimate of drug-likeness (QED) is 0.587. The second kappa shape index (κ2) is 10.6. The number of urea groups is 1. The van der Waals surface area contributed by atoms with Gasteiger partial charge in [-0.05, 0) is 36.2 Å². The summed E-state index contributed by atoms with van der Waals surface area (Å²) in [5.74, 6) is 1.53. The Hall–Kier alpha value is -3.58. The molecular weight excluding hydrogens is 404 g/mol. The average Bonchev–Trinajstić information content (AvgIpc) is 2.84. The summed E-state index contributed by atoms with van der Waals surface area (Å²) >= 11 is 0. The molecule has 4 rings (SSSR count). The van der Waals surface area contributed by atoms with Gasteiger partial charge in [-0.25, -0.2) is 9.78 Å². The molecule has 7 heteroatoms. The number of nitrogens with zero attached hydrogens (tertiary/aromatic N) is 2. The predicted molar refractivity (Wildman–Crippen MR) is 125 cm³/mol. The number of aryl methyl sites for hydroxylation is 1. The van der Waals surface area contributed by atoms with Crippen molar-refractivity contribution < 1.29 is 14.3 Å². The summed E-state index contributed by atoms with van der Waals surface area (Å²) in [5, 5.41) is 5.85. The van der Waals surface area contributed by atoms with Gasteiger partial charge in [0.15, 0.2) is 0 Å². The van der Waals surface area contributed by atoms with Gasteiger partial charge >= 0.3 is 6.03 Å². The number of morpholine rings is 1. The van der Waals surface area contributed by atoms with Crippen LogP contribution in [0, 0.1) is 6.92 Å². The largest absolute Gasteiger partial charge is 0.487 e. The zero-order valence-corrected chi connectivity index (χ0v) is 18.2. The first-order chi connectivity index (χ1) is 15.7. The third-order valence-electron chi connectivity index (χ3n) is 5.24. The molecule has 2 N–H and O–H groups in total. The predicted octanol–water partition coefficient (Wildman–Crippen LogP) is 4.13. The number of carbonyl (C=O) groups is 1. The van der Waals surface area contributed by atoms with Crippen LogP contribution in [-0.4, -0.2) is 37.3 Å². The van der Waals surface area contributed by atoms with E-state index in [0.717, 1.165) is 35.6 Å². The van der Waals surface area contributed by atoms with Crippen LogP contribution in [0.4, 0.5) is 16.3 Å². The molecule has 0 spiro atoms. The van der Waals surface area contributed by atoms with Crippen molar-refractivity contribution in [1.82, 2.24) is 10.3 Å². The highest BCUT2D eigenvalue weighted by atomic mass is 16.5. The average molecular weight is 433 g/mol. The van der Waals surface area contributed by atoms with Crippen molar-refractivity contribution in [2.45, 2.75) is 20.1 Å². The maximum absolute atomic E-state index is 12.7. The summed E-state index contributed by atoms with van der Waals surface area (Å²) in [7, 11) is 0. The molecule has 1 aromatic heterocycles. The van der Waals surface area contributed by atoms with Crippen molar-refractivity contribution in [3.05, 3.63) is 83.6 Å². The lowest BCUT2D eigenvalue weighted by atomic mass is 10.2. The third-order valence-corrected chi connectivity index (χ3v) is 5.24. The molecule has 1 aliphatic rings. The number of ether oxygens (including phenoxy) is 2. The second-order valence-corrected chi connectivity index (χ2v) is 7.67. The number of aromatic nitrogens is 1. The van der Waals surface area contributed by atoms with Crippen LogP contribution in [0.2, 0.25) is 0 Å². The van der Waals surface area contributed by atoms with Gasteiger partial charge in [0.2, 0.25) is 0 Å². The van der Waals surface area contributed by atoms with Gasteiger partial charge in [-0.15, -0.1) is 0 Å². The number of rotatable bonds is 7. The van der Waals surface area contributed by atoms with Gasteiger partial charge in [-0.1, -0.05) is 42.5 Å². The Morgan fingerprint density at radius 3 is 2.72 bits per heavy atom. The Balaban J connectivity index is 1.38. The number of nitrogens with one attached hydrogen (secondary N) is 2. The molecule has 1 saturated heterocycles. The van der Waals surface area contributed by atoms with E-state index in [-0.39, 0.29) is 6.03 Å². The summed E-state index contributed by atoms with van der Waals surface area (Å²) in [4.78, 5) is 19.4. The van der Waals surface area contributed by atoms with E-state index in [1.807, 2.05) is 67.6 Å². The molecule has 0 atom stereocenters. The standard InChI is InChI=1S/C25H28N4O3/c1-19-9-10-22(23(16-19)32-18-20-6-3-2-4-7-20)28-25(30)27-17-21-8-5-11-26-24(21)29-12-14-31-15-13-29/h2-11,16H,12-15,17-18H2,1H3,(H2,27,28,30). The monoisotopic (exact) mass is 432 g/mol. The fourth-order valence-electron chi connectivity index (χ4n) is 3.56. The van der Waals surface area contributed by atoms with E-state index in [9.17, 15) is 4.79 Å². The molecule has 1 fully saturated rings. The van der Waals surface area contributed by atoms with Crippen molar-refractivity contribution in [3.63, 3.8) is 0 Å². The number of benzene rings is 2. The van der Waals surface area contributed by atoms with E-state index in [2.05, 4.69) is 20.5 Å². The number of anilines is 2. The molecule has 2 heterocycles.